The number of hydrogen-bond donors (Lipinski definition) is 1. The van der Waals surface area contributed by atoms with Crippen molar-refractivity contribution < 1.29 is 4.74 Å². The molecule has 0 spiro atoms. The van der Waals surface area contributed by atoms with Crippen LogP contribution in [0.25, 0.3) is 0 Å². The molecule has 0 aromatic heterocycles. The van der Waals surface area contributed by atoms with Gasteiger partial charge in [-0.3, -0.25) is 0 Å². The molecule has 0 aliphatic heterocycles. The molecule has 0 unspecified atom stereocenters. The van der Waals surface area contributed by atoms with Crippen LogP contribution in [0.2, 0.25) is 5.02 Å². The monoisotopic (exact) mass is 431 g/mol. The van der Waals surface area contributed by atoms with Crippen molar-refractivity contribution in [3.8, 4) is 5.75 Å². The van der Waals surface area contributed by atoms with E-state index in [0.29, 0.717) is 6.54 Å². The number of halogens is 3. The molecule has 2 aromatic rings. The Bertz CT molecular complexity index is 634. The fraction of sp³-hybridized carbons (Fsp3) is 0.250. The second-order valence-electron chi connectivity index (χ2n) is 4.74. The number of benzene rings is 2. The van der Waals surface area contributed by atoms with Gasteiger partial charge in [-0.1, -0.05) is 39.7 Å². The summed E-state index contributed by atoms with van der Waals surface area (Å²) in [6, 6.07) is 12.1. The lowest BCUT2D eigenvalue weighted by Gasteiger charge is -2.17. The maximum atomic E-state index is 6.04. The van der Waals surface area contributed by atoms with Gasteiger partial charge >= 0.3 is 0 Å². The van der Waals surface area contributed by atoms with Gasteiger partial charge in [0.25, 0.3) is 0 Å². The molecule has 0 aliphatic carbocycles. The molecule has 1 N–H and O–H groups in total. The van der Waals surface area contributed by atoms with Crippen LogP contribution >= 0.6 is 43.5 Å². The summed E-state index contributed by atoms with van der Waals surface area (Å²) in [5, 5.41) is 4.24. The lowest BCUT2D eigenvalue weighted by atomic mass is 10.1. The van der Waals surface area contributed by atoms with Gasteiger partial charge in [-0.05, 0) is 52.7 Å². The van der Waals surface area contributed by atoms with Crippen molar-refractivity contribution in [1.82, 2.24) is 5.32 Å². The summed E-state index contributed by atoms with van der Waals surface area (Å²) < 4.78 is 7.41. The fourth-order valence-electron chi connectivity index (χ4n) is 2.13. The van der Waals surface area contributed by atoms with Gasteiger partial charge < -0.3 is 10.1 Å². The molecule has 5 heteroatoms. The molecule has 2 nitrogen and oxygen atoms in total. The third-order valence-corrected chi connectivity index (χ3v) is 4.52. The van der Waals surface area contributed by atoms with Crippen LogP contribution in [0.1, 0.15) is 24.1 Å². The predicted molar refractivity (Wildman–Crippen MR) is 95.1 cm³/mol. The van der Waals surface area contributed by atoms with Crippen molar-refractivity contribution in [3.05, 3.63) is 61.5 Å². The Morgan fingerprint density at radius 2 is 2.00 bits per heavy atom. The number of ether oxygens (including phenoxy) is 1. The van der Waals surface area contributed by atoms with Crippen molar-refractivity contribution in [1.29, 1.82) is 0 Å². The lowest BCUT2D eigenvalue weighted by molar-refractivity contribution is 0.403. The van der Waals surface area contributed by atoms with Crippen LogP contribution in [0.4, 0.5) is 0 Å². The smallest absolute Gasteiger partial charge is 0.137 e. The maximum absolute atomic E-state index is 6.04. The van der Waals surface area contributed by atoms with Gasteiger partial charge in [0, 0.05) is 27.6 Å². The van der Waals surface area contributed by atoms with Crippen LogP contribution in [0, 0.1) is 0 Å². The van der Waals surface area contributed by atoms with E-state index in [4.69, 9.17) is 16.3 Å². The first-order valence-corrected chi connectivity index (χ1v) is 8.48. The topological polar surface area (TPSA) is 21.3 Å². The third kappa shape index (κ3) is 4.46. The molecular formula is C16H16Br2ClNO. The molecule has 112 valence electrons. The molecule has 0 heterocycles. The molecule has 0 aliphatic rings. The Kier molecular flexibility index (Phi) is 6.11. The molecule has 21 heavy (non-hydrogen) atoms. The summed E-state index contributed by atoms with van der Waals surface area (Å²) in [6.07, 6.45) is 0. The summed E-state index contributed by atoms with van der Waals surface area (Å²) in [7, 11) is 1.68. The second kappa shape index (κ2) is 7.63. The van der Waals surface area contributed by atoms with E-state index in [2.05, 4.69) is 56.2 Å². The van der Waals surface area contributed by atoms with Crippen LogP contribution in [0.3, 0.4) is 0 Å². The summed E-state index contributed by atoms with van der Waals surface area (Å²) in [5.74, 6) is 0.851. The zero-order valence-corrected chi connectivity index (χ0v) is 15.7. The maximum Gasteiger partial charge on any atom is 0.137 e. The van der Waals surface area contributed by atoms with Crippen molar-refractivity contribution in [2.75, 3.05) is 7.11 Å². The summed E-state index contributed by atoms with van der Waals surface area (Å²) >= 11 is 13.1. The van der Waals surface area contributed by atoms with Crippen LogP contribution in [-0.2, 0) is 6.54 Å². The van der Waals surface area contributed by atoms with Gasteiger partial charge in [-0.15, -0.1) is 0 Å². The van der Waals surface area contributed by atoms with E-state index in [9.17, 15) is 0 Å². The predicted octanol–water partition coefficient (Wildman–Crippen LogP) is 5.72. The van der Waals surface area contributed by atoms with Crippen LogP contribution < -0.4 is 10.1 Å². The van der Waals surface area contributed by atoms with Crippen LogP contribution in [0.5, 0.6) is 5.75 Å². The normalized spacial score (nSPS) is 12.2. The first-order valence-electron chi connectivity index (χ1n) is 6.52. The van der Waals surface area contributed by atoms with Gasteiger partial charge in [0.1, 0.15) is 5.75 Å². The minimum atomic E-state index is 0.200. The number of methoxy groups -OCH3 is 1. The molecule has 0 saturated heterocycles. The Hall–Kier alpha value is -0.550. The average molecular weight is 434 g/mol. The van der Waals surface area contributed by atoms with Crippen molar-refractivity contribution in [3.63, 3.8) is 0 Å². The van der Waals surface area contributed by atoms with Crippen molar-refractivity contribution in [2.45, 2.75) is 19.5 Å². The van der Waals surface area contributed by atoms with Gasteiger partial charge in [-0.25, -0.2) is 0 Å². The fourth-order valence-corrected chi connectivity index (χ4v) is 3.80. The van der Waals surface area contributed by atoms with E-state index in [1.807, 2.05) is 24.3 Å². The zero-order chi connectivity index (χ0) is 15.4. The van der Waals surface area contributed by atoms with Crippen LogP contribution in [0.15, 0.2) is 45.3 Å². The standard InChI is InChI=1S/C16H16Br2ClNO/c1-10(11-4-3-5-14(19)7-11)20-9-12-6-13(17)8-15(18)16(12)21-2/h3-8,10,20H,9H2,1-2H3/t10-/m0/s1. The van der Waals surface area contributed by atoms with Gasteiger partial charge in [0.2, 0.25) is 0 Å². The zero-order valence-electron chi connectivity index (χ0n) is 11.8. The largest absolute Gasteiger partial charge is 0.495 e. The molecule has 0 saturated carbocycles. The Morgan fingerprint density at radius 1 is 1.24 bits per heavy atom. The van der Waals surface area contributed by atoms with E-state index in [1.165, 1.54) is 0 Å². The average Bonchev–Trinajstić information content (AvgIpc) is 2.44. The molecule has 1 atom stereocenters. The Balaban J connectivity index is 2.13. The molecule has 2 aromatic carbocycles. The number of rotatable bonds is 5. The van der Waals surface area contributed by atoms with E-state index < -0.39 is 0 Å². The second-order valence-corrected chi connectivity index (χ2v) is 6.94. The van der Waals surface area contributed by atoms with E-state index in [1.54, 1.807) is 7.11 Å². The van der Waals surface area contributed by atoms with Gasteiger partial charge in [0.15, 0.2) is 0 Å². The first-order chi connectivity index (χ1) is 10.0. The molecular weight excluding hydrogens is 417 g/mol. The van der Waals surface area contributed by atoms with Gasteiger partial charge in [0.05, 0.1) is 11.6 Å². The summed E-state index contributed by atoms with van der Waals surface area (Å²) in [6.45, 7) is 2.82. The highest BCUT2D eigenvalue weighted by Gasteiger charge is 2.11. The van der Waals surface area contributed by atoms with Crippen LogP contribution in [-0.4, -0.2) is 7.11 Å². The first kappa shape index (κ1) is 16.8. The Labute approximate surface area is 147 Å². The molecule has 0 bridgehead atoms. The highest BCUT2D eigenvalue weighted by atomic mass is 79.9. The van der Waals surface area contributed by atoms with Crippen molar-refractivity contribution in [2.24, 2.45) is 0 Å². The van der Waals surface area contributed by atoms with Crippen molar-refractivity contribution >= 4 is 43.5 Å². The third-order valence-electron chi connectivity index (χ3n) is 3.24. The molecule has 2 rings (SSSR count). The quantitative estimate of drug-likeness (QED) is 0.651. The van der Waals surface area contributed by atoms with E-state index >= 15 is 0 Å². The molecule has 0 radical (unpaired) electrons. The minimum absolute atomic E-state index is 0.200. The Morgan fingerprint density at radius 3 is 2.67 bits per heavy atom. The summed E-state index contributed by atoms with van der Waals surface area (Å²) in [4.78, 5) is 0. The van der Waals surface area contributed by atoms with E-state index in [-0.39, 0.29) is 6.04 Å². The van der Waals surface area contributed by atoms with Gasteiger partial charge in [-0.2, -0.15) is 0 Å². The summed E-state index contributed by atoms with van der Waals surface area (Å²) in [5.41, 5.74) is 2.25. The minimum Gasteiger partial charge on any atom is -0.495 e. The highest BCUT2D eigenvalue weighted by Crippen LogP contribution is 2.33. The molecule has 0 amide bonds. The number of nitrogens with one attached hydrogen (secondary N) is 1. The number of hydrogen-bond acceptors (Lipinski definition) is 2. The van der Waals surface area contributed by atoms with E-state index in [0.717, 1.165) is 30.8 Å². The molecule has 0 fully saturated rings. The SMILES string of the molecule is COc1c(Br)cc(Br)cc1CN[C@@H](C)c1cccc(Cl)c1. The highest BCUT2D eigenvalue weighted by molar-refractivity contribution is 9.11. The lowest BCUT2D eigenvalue weighted by Crippen LogP contribution is -2.18.